The minimum Gasteiger partial charge on any atom is -0.496 e. The first-order chi connectivity index (χ1) is 8.11. The fourth-order valence-corrected chi connectivity index (χ4v) is 2.23. The fraction of sp³-hybridized carbons (Fsp3) is 0.647. The molecule has 1 aromatic carbocycles. The molecule has 1 heteroatoms. The molecule has 0 heterocycles. The lowest BCUT2D eigenvalue weighted by atomic mass is 9.85. The zero-order valence-corrected chi connectivity index (χ0v) is 13.1. The Balaban J connectivity index is 2.97. The van der Waals surface area contributed by atoms with Gasteiger partial charge in [-0.15, -0.1) is 0 Å². The van der Waals surface area contributed by atoms with Crippen molar-refractivity contribution in [3.63, 3.8) is 0 Å². The van der Waals surface area contributed by atoms with Gasteiger partial charge in [-0.1, -0.05) is 53.7 Å². The summed E-state index contributed by atoms with van der Waals surface area (Å²) in [4.78, 5) is 0. The topological polar surface area (TPSA) is 9.23 Å². The smallest absolute Gasteiger partial charge is 0.122 e. The maximum absolute atomic E-state index is 5.55. The highest BCUT2D eigenvalue weighted by Crippen LogP contribution is 2.30. The van der Waals surface area contributed by atoms with Crippen molar-refractivity contribution in [3.05, 3.63) is 29.3 Å². The van der Waals surface area contributed by atoms with Crippen molar-refractivity contribution in [1.29, 1.82) is 0 Å². The van der Waals surface area contributed by atoms with E-state index in [1.807, 2.05) is 0 Å². The van der Waals surface area contributed by atoms with Crippen LogP contribution in [0.25, 0.3) is 0 Å². The van der Waals surface area contributed by atoms with Gasteiger partial charge in [-0.05, 0) is 40.9 Å². The van der Waals surface area contributed by atoms with Crippen LogP contribution < -0.4 is 4.74 Å². The maximum Gasteiger partial charge on any atom is 0.122 e. The molecule has 0 spiro atoms. The van der Waals surface area contributed by atoms with Gasteiger partial charge < -0.3 is 4.74 Å². The number of ether oxygens (including phenoxy) is 1. The molecule has 0 N–H and O–H groups in total. The van der Waals surface area contributed by atoms with Crippen LogP contribution in [0.1, 0.15) is 52.7 Å². The molecule has 0 aliphatic carbocycles. The summed E-state index contributed by atoms with van der Waals surface area (Å²) < 4.78 is 5.55. The zero-order chi connectivity index (χ0) is 14.0. The lowest BCUT2D eigenvalue weighted by Gasteiger charge is -2.22. The van der Waals surface area contributed by atoms with Crippen LogP contribution in [0.5, 0.6) is 5.75 Å². The standard InChI is InChI=1S/C17H28O/c1-16(2,3)11-13-8-9-14(12-17(4,5)6)15(10-13)18-7/h8-10H,11-12H2,1-7H3. The van der Waals surface area contributed by atoms with E-state index in [1.54, 1.807) is 7.11 Å². The van der Waals surface area contributed by atoms with Gasteiger partial charge in [-0.3, -0.25) is 0 Å². The molecular weight excluding hydrogens is 220 g/mol. The number of benzene rings is 1. The molecular formula is C17H28O. The van der Waals surface area contributed by atoms with Crippen molar-refractivity contribution in [3.8, 4) is 5.75 Å². The molecule has 0 saturated heterocycles. The zero-order valence-electron chi connectivity index (χ0n) is 13.1. The van der Waals surface area contributed by atoms with E-state index < -0.39 is 0 Å². The Labute approximate surface area is 113 Å². The molecule has 1 aromatic rings. The minimum atomic E-state index is 0.290. The average molecular weight is 248 g/mol. The van der Waals surface area contributed by atoms with Crippen LogP contribution in [-0.2, 0) is 12.8 Å². The molecule has 0 bridgehead atoms. The third kappa shape index (κ3) is 5.12. The van der Waals surface area contributed by atoms with Gasteiger partial charge in [0.15, 0.2) is 0 Å². The fourth-order valence-electron chi connectivity index (χ4n) is 2.23. The van der Waals surface area contributed by atoms with Crippen molar-refractivity contribution in [1.82, 2.24) is 0 Å². The van der Waals surface area contributed by atoms with E-state index in [0.717, 1.165) is 18.6 Å². The summed E-state index contributed by atoms with van der Waals surface area (Å²) in [5, 5.41) is 0. The SMILES string of the molecule is COc1cc(CC(C)(C)C)ccc1CC(C)(C)C. The van der Waals surface area contributed by atoms with E-state index in [0.29, 0.717) is 10.8 Å². The molecule has 18 heavy (non-hydrogen) atoms. The Kier molecular flexibility index (Phi) is 4.47. The van der Waals surface area contributed by atoms with Crippen LogP contribution in [0.4, 0.5) is 0 Å². The first-order valence-electron chi connectivity index (χ1n) is 6.76. The van der Waals surface area contributed by atoms with E-state index in [9.17, 15) is 0 Å². The van der Waals surface area contributed by atoms with Gasteiger partial charge in [-0.2, -0.15) is 0 Å². The van der Waals surface area contributed by atoms with Gasteiger partial charge in [0.05, 0.1) is 7.11 Å². The lowest BCUT2D eigenvalue weighted by molar-refractivity contribution is 0.376. The van der Waals surface area contributed by atoms with Crippen molar-refractivity contribution >= 4 is 0 Å². The molecule has 0 unspecified atom stereocenters. The first-order valence-corrected chi connectivity index (χ1v) is 6.76. The van der Waals surface area contributed by atoms with Crippen LogP contribution in [0.2, 0.25) is 0 Å². The van der Waals surface area contributed by atoms with E-state index >= 15 is 0 Å². The highest BCUT2D eigenvalue weighted by atomic mass is 16.5. The average Bonchev–Trinajstić information content (AvgIpc) is 2.16. The Morgan fingerprint density at radius 1 is 0.889 bits per heavy atom. The van der Waals surface area contributed by atoms with Gasteiger partial charge in [0, 0.05) is 0 Å². The van der Waals surface area contributed by atoms with Gasteiger partial charge in [0.25, 0.3) is 0 Å². The summed E-state index contributed by atoms with van der Waals surface area (Å²) in [7, 11) is 1.77. The molecule has 0 amide bonds. The third-order valence-electron chi connectivity index (χ3n) is 2.81. The monoisotopic (exact) mass is 248 g/mol. The second kappa shape index (κ2) is 5.34. The van der Waals surface area contributed by atoms with Gasteiger partial charge in [0.2, 0.25) is 0 Å². The molecule has 0 radical (unpaired) electrons. The predicted molar refractivity (Wildman–Crippen MR) is 79.3 cm³/mol. The first kappa shape index (κ1) is 15.1. The van der Waals surface area contributed by atoms with Crippen molar-refractivity contribution in [2.24, 2.45) is 10.8 Å². The van der Waals surface area contributed by atoms with Gasteiger partial charge >= 0.3 is 0 Å². The summed E-state index contributed by atoms with van der Waals surface area (Å²) >= 11 is 0. The van der Waals surface area contributed by atoms with E-state index in [-0.39, 0.29) is 0 Å². The van der Waals surface area contributed by atoms with E-state index in [4.69, 9.17) is 4.74 Å². The molecule has 0 saturated carbocycles. The summed E-state index contributed by atoms with van der Waals surface area (Å²) in [6.45, 7) is 13.6. The molecule has 0 aliphatic heterocycles. The Morgan fingerprint density at radius 3 is 1.89 bits per heavy atom. The van der Waals surface area contributed by atoms with Crippen LogP contribution in [0.3, 0.4) is 0 Å². The largest absolute Gasteiger partial charge is 0.496 e. The minimum absolute atomic E-state index is 0.290. The second-order valence-electron chi connectivity index (χ2n) is 7.62. The molecule has 0 fully saturated rings. The van der Waals surface area contributed by atoms with Gasteiger partial charge in [0.1, 0.15) is 5.75 Å². The van der Waals surface area contributed by atoms with Crippen molar-refractivity contribution < 1.29 is 4.74 Å². The Hall–Kier alpha value is -0.980. The summed E-state index contributed by atoms with van der Waals surface area (Å²) in [5.74, 6) is 1.03. The molecule has 102 valence electrons. The van der Waals surface area contributed by atoms with Crippen molar-refractivity contribution in [2.45, 2.75) is 54.4 Å². The molecule has 0 aromatic heterocycles. The van der Waals surface area contributed by atoms with Crippen LogP contribution in [0, 0.1) is 10.8 Å². The Morgan fingerprint density at radius 2 is 1.44 bits per heavy atom. The van der Waals surface area contributed by atoms with E-state index in [2.05, 4.69) is 59.7 Å². The summed E-state index contributed by atoms with van der Waals surface area (Å²) in [6, 6.07) is 6.67. The second-order valence-corrected chi connectivity index (χ2v) is 7.62. The number of hydrogen-bond donors (Lipinski definition) is 0. The highest BCUT2D eigenvalue weighted by molar-refractivity contribution is 5.38. The molecule has 0 atom stereocenters. The van der Waals surface area contributed by atoms with Crippen molar-refractivity contribution in [2.75, 3.05) is 7.11 Å². The van der Waals surface area contributed by atoms with Gasteiger partial charge in [-0.25, -0.2) is 0 Å². The highest BCUT2D eigenvalue weighted by Gasteiger charge is 2.16. The van der Waals surface area contributed by atoms with Crippen LogP contribution >= 0.6 is 0 Å². The lowest BCUT2D eigenvalue weighted by Crippen LogP contribution is -2.12. The van der Waals surface area contributed by atoms with Crippen LogP contribution in [0.15, 0.2) is 18.2 Å². The number of rotatable bonds is 3. The number of hydrogen-bond acceptors (Lipinski definition) is 1. The summed E-state index contributed by atoms with van der Waals surface area (Å²) in [5.41, 5.74) is 3.27. The third-order valence-corrected chi connectivity index (χ3v) is 2.81. The molecule has 0 aliphatic rings. The normalized spacial score (nSPS) is 12.6. The maximum atomic E-state index is 5.55. The summed E-state index contributed by atoms with van der Waals surface area (Å²) in [6.07, 6.45) is 2.13. The quantitative estimate of drug-likeness (QED) is 0.741. The Bertz CT molecular complexity index is 391. The predicted octanol–water partition coefficient (Wildman–Crippen LogP) is 4.87. The molecule has 1 rings (SSSR count). The number of methoxy groups -OCH3 is 1. The van der Waals surface area contributed by atoms with Crippen LogP contribution in [-0.4, -0.2) is 7.11 Å². The van der Waals surface area contributed by atoms with E-state index in [1.165, 1.54) is 11.1 Å². The molecule has 1 nitrogen and oxygen atoms in total.